The molecule has 0 spiro atoms. The van der Waals surface area contributed by atoms with E-state index in [9.17, 15) is 20.1 Å². The first-order chi connectivity index (χ1) is 21.5. The number of fused-ring (bicyclic) bond motifs is 1. The van der Waals surface area contributed by atoms with E-state index in [-0.39, 0.29) is 17.8 Å². The lowest BCUT2D eigenvalue weighted by Crippen LogP contribution is -2.40. The zero-order valence-electron chi connectivity index (χ0n) is 24.6. The Balaban J connectivity index is 1.38. The highest BCUT2D eigenvalue weighted by molar-refractivity contribution is 5.84. The molecule has 0 saturated carbocycles. The van der Waals surface area contributed by atoms with Crippen LogP contribution in [0, 0.1) is 5.92 Å². The van der Waals surface area contributed by atoms with E-state index in [1.54, 1.807) is 11.5 Å². The van der Waals surface area contributed by atoms with E-state index >= 15 is 0 Å². The number of hydrogen-bond acceptors (Lipinski definition) is 11. The molecule has 12 nitrogen and oxygen atoms in total. The Morgan fingerprint density at radius 3 is 2.41 bits per heavy atom. The first-order valence-corrected chi connectivity index (χ1v) is 15.1. The number of carbonyl (C=O) groups is 1. The number of carbonyl (C=O) groups excluding carboxylic acids is 1. The molecule has 4 aromatic rings. The Morgan fingerprint density at radius 1 is 1.07 bits per heavy atom. The average molecular weight is 603 g/mol. The monoisotopic (exact) mass is 602 g/mol. The summed E-state index contributed by atoms with van der Waals surface area (Å²) in [6.45, 7) is 3.23. The van der Waals surface area contributed by atoms with Crippen LogP contribution in [0.2, 0.25) is 0 Å². The molecule has 0 aliphatic carbocycles. The third-order valence-corrected chi connectivity index (χ3v) is 8.40. The molecule has 2 aromatic heterocycles. The lowest BCUT2D eigenvalue weighted by Gasteiger charge is -2.32. The molecule has 5 atom stereocenters. The predicted molar refractivity (Wildman–Crippen MR) is 163 cm³/mol. The van der Waals surface area contributed by atoms with Crippen molar-refractivity contribution < 1.29 is 29.6 Å². The normalized spacial score (nSPS) is 23.8. The number of aliphatic hydroxyl groups is 3. The van der Waals surface area contributed by atoms with Crippen molar-refractivity contribution in [1.82, 2.24) is 19.5 Å². The number of anilines is 2. The van der Waals surface area contributed by atoms with E-state index in [2.05, 4.69) is 34.6 Å². The Kier molecular flexibility index (Phi) is 9.03. The maximum absolute atomic E-state index is 12.6. The SMILES string of the molecule is CCOC(=O)[C@@H]1CCCN(c2nc(NCC(c3ccccc3)c3ccccc3)c3ncn([C@@H]4O[C@H](CO)[C@@H](O)[C@H]4O)c3n2)C1. The molecule has 2 aliphatic heterocycles. The molecular weight excluding hydrogens is 564 g/mol. The van der Waals surface area contributed by atoms with Crippen LogP contribution in [0.1, 0.15) is 43.0 Å². The van der Waals surface area contributed by atoms with E-state index in [0.29, 0.717) is 49.2 Å². The van der Waals surface area contributed by atoms with Gasteiger partial charge in [0.1, 0.15) is 18.3 Å². The smallest absolute Gasteiger partial charge is 0.310 e. The summed E-state index contributed by atoms with van der Waals surface area (Å²) in [5.74, 6) is 0.368. The van der Waals surface area contributed by atoms with Crippen LogP contribution in [0.4, 0.5) is 11.8 Å². The molecular formula is C32H38N6O6. The number of imidazole rings is 1. The lowest BCUT2D eigenvalue weighted by atomic mass is 9.91. The number of nitrogens with zero attached hydrogens (tertiary/aromatic N) is 5. The van der Waals surface area contributed by atoms with Crippen molar-refractivity contribution in [3.05, 3.63) is 78.1 Å². The minimum absolute atomic E-state index is 0.0107. The van der Waals surface area contributed by atoms with Gasteiger partial charge in [0.05, 0.1) is 25.5 Å². The second-order valence-electron chi connectivity index (χ2n) is 11.2. The molecule has 4 heterocycles. The van der Waals surface area contributed by atoms with Crippen LogP contribution in [0.15, 0.2) is 67.0 Å². The van der Waals surface area contributed by atoms with Gasteiger partial charge in [-0.15, -0.1) is 0 Å². The molecule has 0 amide bonds. The van der Waals surface area contributed by atoms with Crippen molar-refractivity contribution in [1.29, 1.82) is 0 Å². The minimum atomic E-state index is -1.30. The first kappa shape index (κ1) is 29.9. The Morgan fingerprint density at radius 2 is 1.77 bits per heavy atom. The highest BCUT2D eigenvalue weighted by Crippen LogP contribution is 2.34. The molecule has 0 unspecified atom stereocenters. The summed E-state index contributed by atoms with van der Waals surface area (Å²) in [5.41, 5.74) is 3.14. The molecule has 2 saturated heterocycles. The fraction of sp³-hybridized carbons (Fsp3) is 0.438. The zero-order chi connectivity index (χ0) is 30.6. The van der Waals surface area contributed by atoms with Crippen LogP contribution < -0.4 is 10.2 Å². The largest absolute Gasteiger partial charge is 0.466 e. The van der Waals surface area contributed by atoms with E-state index in [4.69, 9.17) is 19.4 Å². The quantitative estimate of drug-likeness (QED) is 0.198. The Bertz CT molecular complexity index is 1510. The third kappa shape index (κ3) is 5.98. The molecule has 0 bridgehead atoms. The number of aliphatic hydroxyl groups excluding tert-OH is 3. The fourth-order valence-corrected chi connectivity index (χ4v) is 6.07. The highest BCUT2D eigenvalue weighted by atomic mass is 16.6. The van der Waals surface area contributed by atoms with E-state index in [1.807, 2.05) is 41.3 Å². The molecule has 12 heteroatoms. The molecule has 2 aromatic carbocycles. The molecule has 4 N–H and O–H groups in total. The van der Waals surface area contributed by atoms with Crippen LogP contribution in [-0.2, 0) is 14.3 Å². The topological polar surface area (TPSA) is 155 Å². The summed E-state index contributed by atoms with van der Waals surface area (Å²) in [6, 6.07) is 20.4. The molecule has 2 aliphatic rings. The van der Waals surface area contributed by atoms with Gasteiger partial charge in [-0.2, -0.15) is 9.97 Å². The number of rotatable bonds is 10. The summed E-state index contributed by atoms with van der Waals surface area (Å²) < 4.78 is 12.7. The number of piperidine rings is 1. The van der Waals surface area contributed by atoms with Crippen LogP contribution in [-0.4, -0.2) is 92.0 Å². The molecule has 44 heavy (non-hydrogen) atoms. The van der Waals surface area contributed by atoms with Gasteiger partial charge in [-0.05, 0) is 30.9 Å². The lowest BCUT2D eigenvalue weighted by molar-refractivity contribution is -0.148. The molecule has 232 valence electrons. The maximum atomic E-state index is 12.6. The maximum Gasteiger partial charge on any atom is 0.310 e. The van der Waals surface area contributed by atoms with Crippen LogP contribution >= 0.6 is 0 Å². The number of esters is 1. The van der Waals surface area contributed by atoms with Crippen LogP contribution in [0.25, 0.3) is 11.2 Å². The van der Waals surface area contributed by atoms with Crippen molar-refractivity contribution in [3.8, 4) is 0 Å². The van der Waals surface area contributed by atoms with Gasteiger partial charge in [0.15, 0.2) is 23.2 Å². The molecule has 0 radical (unpaired) electrons. The first-order valence-electron chi connectivity index (χ1n) is 15.1. The average Bonchev–Trinajstić information content (AvgIpc) is 3.62. The number of nitrogens with one attached hydrogen (secondary N) is 1. The van der Waals surface area contributed by atoms with Gasteiger partial charge in [-0.25, -0.2) is 4.98 Å². The predicted octanol–water partition coefficient (Wildman–Crippen LogP) is 2.46. The minimum Gasteiger partial charge on any atom is -0.466 e. The third-order valence-electron chi connectivity index (χ3n) is 8.40. The standard InChI is InChI=1S/C32H38N6O6/c1-2-43-31(42)22-14-9-15-37(17-22)32-35-28(33-16-23(20-10-5-3-6-11-20)21-12-7-4-8-13-21)25-29(36-32)38(19-34-25)30-27(41)26(40)24(18-39)44-30/h3-8,10-13,19,22-24,26-27,30,39-41H,2,9,14-18H2,1H3,(H,33,35,36)/t22-,24-,26-,27-,30-/m1/s1. The highest BCUT2D eigenvalue weighted by Gasteiger charge is 2.44. The second kappa shape index (κ2) is 13.3. The van der Waals surface area contributed by atoms with Crippen molar-refractivity contribution >= 4 is 28.9 Å². The van der Waals surface area contributed by atoms with Crippen molar-refractivity contribution in [2.24, 2.45) is 5.92 Å². The van der Waals surface area contributed by atoms with E-state index in [0.717, 1.165) is 24.0 Å². The Labute approximate surface area is 255 Å². The van der Waals surface area contributed by atoms with Gasteiger partial charge in [-0.3, -0.25) is 9.36 Å². The van der Waals surface area contributed by atoms with Crippen molar-refractivity contribution in [3.63, 3.8) is 0 Å². The zero-order valence-corrected chi connectivity index (χ0v) is 24.6. The summed E-state index contributed by atoms with van der Waals surface area (Å²) in [4.78, 5) is 28.9. The van der Waals surface area contributed by atoms with Gasteiger partial charge in [0.2, 0.25) is 5.95 Å². The molecule has 2 fully saturated rings. The molecule has 6 rings (SSSR count). The second-order valence-corrected chi connectivity index (χ2v) is 11.2. The van der Waals surface area contributed by atoms with Crippen LogP contribution in [0.5, 0.6) is 0 Å². The summed E-state index contributed by atoms with van der Waals surface area (Å²) in [7, 11) is 0. The van der Waals surface area contributed by atoms with Gasteiger partial charge < -0.3 is 35.0 Å². The van der Waals surface area contributed by atoms with Crippen molar-refractivity contribution in [2.75, 3.05) is 43.1 Å². The van der Waals surface area contributed by atoms with Gasteiger partial charge in [-0.1, -0.05) is 60.7 Å². The fourth-order valence-electron chi connectivity index (χ4n) is 6.07. The van der Waals surface area contributed by atoms with Gasteiger partial charge >= 0.3 is 5.97 Å². The Hall–Kier alpha value is -4.10. The number of aromatic nitrogens is 4. The van der Waals surface area contributed by atoms with Crippen molar-refractivity contribution in [2.45, 2.75) is 50.2 Å². The van der Waals surface area contributed by atoms with Gasteiger partial charge in [0.25, 0.3) is 0 Å². The van der Waals surface area contributed by atoms with Crippen LogP contribution in [0.3, 0.4) is 0 Å². The van der Waals surface area contributed by atoms with E-state index < -0.39 is 31.1 Å². The number of benzene rings is 2. The van der Waals surface area contributed by atoms with Gasteiger partial charge in [0, 0.05) is 25.6 Å². The summed E-state index contributed by atoms with van der Waals surface area (Å²) in [5, 5.41) is 34.4. The number of ether oxygens (including phenoxy) is 2. The summed E-state index contributed by atoms with van der Waals surface area (Å²) >= 11 is 0. The van der Waals surface area contributed by atoms with E-state index in [1.165, 1.54) is 6.33 Å². The summed E-state index contributed by atoms with van der Waals surface area (Å²) in [6.07, 6.45) is -1.55. The number of hydrogen-bond donors (Lipinski definition) is 4.